The Morgan fingerprint density at radius 3 is 2.57 bits per heavy atom. The molecular weight excluding hydrogens is 529 g/mol. The molecule has 0 aliphatic heterocycles. The summed E-state index contributed by atoms with van der Waals surface area (Å²) in [6.45, 7) is 7.64. The molecule has 0 N–H and O–H groups in total. The molecule has 0 radical (unpaired) electrons. The maximum atomic E-state index is 12.6. The van der Waals surface area contributed by atoms with Crippen LogP contribution in [0.15, 0.2) is 33.9 Å². The standard InChI is InChI=1S/C19H22BrCl2N3O3SSi/c1-29(26,27)18-14(20)6-5-12-13(16-15(21)9-23-19(22)24-16)10-25(17(12)18)11-28-7-8-30(2,3)4/h5-6,9-10H,7-8,11H2,1-4H3. The Kier molecular flexibility index (Phi) is 7.01. The van der Waals surface area contributed by atoms with Crippen molar-refractivity contribution < 1.29 is 13.2 Å². The zero-order valence-electron chi connectivity index (χ0n) is 17.0. The Bertz CT molecular complexity index is 1210. The lowest BCUT2D eigenvalue weighted by molar-refractivity contribution is 0.0900. The van der Waals surface area contributed by atoms with Crippen molar-refractivity contribution in [1.82, 2.24) is 14.5 Å². The molecule has 1 aromatic carbocycles. The summed E-state index contributed by atoms with van der Waals surface area (Å²) in [6, 6.07) is 4.54. The van der Waals surface area contributed by atoms with Gasteiger partial charge in [-0.25, -0.2) is 18.4 Å². The van der Waals surface area contributed by atoms with Crippen molar-refractivity contribution in [3.63, 3.8) is 0 Å². The van der Waals surface area contributed by atoms with Crippen molar-refractivity contribution in [2.75, 3.05) is 12.9 Å². The molecule has 3 rings (SSSR count). The molecule has 0 unspecified atom stereocenters. The minimum Gasteiger partial charge on any atom is -0.361 e. The van der Waals surface area contributed by atoms with Crippen LogP contribution in [-0.2, 0) is 21.3 Å². The third-order valence-electron chi connectivity index (χ3n) is 4.51. The number of rotatable bonds is 7. The van der Waals surface area contributed by atoms with Gasteiger partial charge < -0.3 is 9.30 Å². The van der Waals surface area contributed by atoms with E-state index < -0.39 is 17.9 Å². The highest BCUT2D eigenvalue weighted by Crippen LogP contribution is 2.39. The molecule has 0 saturated heterocycles. The first-order valence-corrected chi connectivity index (χ1v) is 16.3. The topological polar surface area (TPSA) is 74.1 Å². The van der Waals surface area contributed by atoms with Gasteiger partial charge in [0.05, 0.1) is 22.4 Å². The number of hydrogen-bond donors (Lipinski definition) is 0. The van der Waals surface area contributed by atoms with Crippen LogP contribution in [0.1, 0.15) is 0 Å². The van der Waals surface area contributed by atoms with E-state index in [0.29, 0.717) is 38.3 Å². The average molecular weight is 551 g/mol. The van der Waals surface area contributed by atoms with E-state index in [0.717, 1.165) is 6.04 Å². The molecule has 0 bridgehead atoms. The fourth-order valence-electron chi connectivity index (χ4n) is 3.06. The largest absolute Gasteiger partial charge is 0.361 e. The first-order chi connectivity index (χ1) is 13.9. The van der Waals surface area contributed by atoms with Crippen LogP contribution in [-0.4, -0.2) is 43.9 Å². The van der Waals surface area contributed by atoms with E-state index in [1.165, 1.54) is 12.5 Å². The van der Waals surface area contributed by atoms with Crippen LogP contribution in [0.2, 0.25) is 36.0 Å². The molecule has 30 heavy (non-hydrogen) atoms. The summed E-state index contributed by atoms with van der Waals surface area (Å²) in [5, 5.41) is 1.06. The summed E-state index contributed by atoms with van der Waals surface area (Å²) in [5.41, 5.74) is 1.62. The average Bonchev–Trinajstić information content (AvgIpc) is 2.97. The van der Waals surface area contributed by atoms with Crippen molar-refractivity contribution >= 4 is 67.9 Å². The van der Waals surface area contributed by atoms with Gasteiger partial charge in [0.25, 0.3) is 0 Å². The van der Waals surface area contributed by atoms with Crippen LogP contribution < -0.4 is 0 Å². The smallest absolute Gasteiger partial charge is 0.222 e. The summed E-state index contributed by atoms with van der Waals surface area (Å²) in [6.07, 6.45) is 4.41. The Morgan fingerprint density at radius 1 is 1.23 bits per heavy atom. The van der Waals surface area contributed by atoms with E-state index in [2.05, 4.69) is 45.5 Å². The summed E-state index contributed by atoms with van der Waals surface area (Å²) < 4.78 is 33.4. The van der Waals surface area contributed by atoms with Gasteiger partial charge in [0.2, 0.25) is 5.28 Å². The van der Waals surface area contributed by atoms with Crippen LogP contribution in [0.25, 0.3) is 22.2 Å². The number of halogens is 3. The van der Waals surface area contributed by atoms with E-state index in [-0.39, 0.29) is 16.9 Å². The van der Waals surface area contributed by atoms with Crippen molar-refractivity contribution in [2.45, 2.75) is 37.3 Å². The Morgan fingerprint density at radius 2 is 1.93 bits per heavy atom. The van der Waals surface area contributed by atoms with Crippen LogP contribution in [0.5, 0.6) is 0 Å². The molecule has 6 nitrogen and oxygen atoms in total. The van der Waals surface area contributed by atoms with Gasteiger partial charge in [-0.2, -0.15) is 0 Å². The monoisotopic (exact) mass is 549 g/mol. The van der Waals surface area contributed by atoms with Crippen molar-refractivity contribution in [1.29, 1.82) is 0 Å². The van der Waals surface area contributed by atoms with Gasteiger partial charge in [0.15, 0.2) is 9.84 Å². The lowest BCUT2D eigenvalue weighted by atomic mass is 10.1. The van der Waals surface area contributed by atoms with Crippen LogP contribution in [0.4, 0.5) is 0 Å². The van der Waals surface area contributed by atoms with Crippen molar-refractivity contribution in [3.05, 3.63) is 39.3 Å². The van der Waals surface area contributed by atoms with E-state index in [1.807, 2.05) is 6.07 Å². The molecule has 0 aliphatic rings. The van der Waals surface area contributed by atoms with Crippen LogP contribution in [0.3, 0.4) is 0 Å². The van der Waals surface area contributed by atoms with Crippen molar-refractivity contribution in [3.8, 4) is 11.3 Å². The van der Waals surface area contributed by atoms with Gasteiger partial charge in [0.1, 0.15) is 11.6 Å². The minimum atomic E-state index is -3.53. The summed E-state index contributed by atoms with van der Waals surface area (Å²) in [7, 11) is -4.78. The summed E-state index contributed by atoms with van der Waals surface area (Å²) >= 11 is 15.7. The summed E-state index contributed by atoms with van der Waals surface area (Å²) in [5.74, 6) is 0. The number of ether oxygens (including phenoxy) is 1. The molecule has 0 amide bonds. The van der Waals surface area contributed by atoms with Crippen LogP contribution in [0, 0.1) is 0 Å². The SMILES string of the molecule is C[Si](C)(C)CCOCn1cc(-c2nc(Cl)ncc2Cl)c2ccc(Br)c(S(C)(=O)=O)c21. The molecule has 162 valence electrons. The lowest BCUT2D eigenvalue weighted by Crippen LogP contribution is -2.22. The normalized spacial score (nSPS) is 12.6. The second kappa shape index (κ2) is 8.88. The zero-order valence-corrected chi connectivity index (χ0v) is 22.0. The molecule has 11 heteroatoms. The number of fused-ring (bicyclic) bond motifs is 1. The van der Waals surface area contributed by atoms with Gasteiger partial charge in [-0.05, 0) is 39.6 Å². The quantitative estimate of drug-likeness (QED) is 0.208. The van der Waals surface area contributed by atoms with Gasteiger partial charge in [0, 0.05) is 42.6 Å². The minimum absolute atomic E-state index is 0.0575. The van der Waals surface area contributed by atoms with E-state index in [1.54, 1.807) is 16.8 Å². The number of nitrogens with zero attached hydrogens (tertiary/aromatic N) is 3. The highest BCUT2D eigenvalue weighted by atomic mass is 79.9. The molecule has 0 saturated carbocycles. The molecule has 2 aromatic heterocycles. The highest BCUT2D eigenvalue weighted by molar-refractivity contribution is 9.10. The van der Waals surface area contributed by atoms with E-state index in [9.17, 15) is 8.42 Å². The fraction of sp³-hybridized carbons (Fsp3) is 0.368. The number of aromatic nitrogens is 3. The number of hydrogen-bond acceptors (Lipinski definition) is 5. The second-order valence-electron chi connectivity index (χ2n) is 8.24. The Hall–Kier alpha value is -0.973. The molecule has 0 aliphatic carbocycles. The molecule has 2 heterocycles. The van der Waals surface area contributed by atoms with Gasteiger partial charge in [-0.1, -0.05) is 37.3 Å². The highest BCUT2D eigenvalue weighted by Gasteiger charge is 2.24. The maximum Gasteiger partial charge on any atom is 0.222 e. The number of benzene rings is 1. The maximum absolute atomic E-state index is 12.6. The molecule has 0 atom stereocenters. The first-order valence-electron chi connectivity index (χ1n) is 9.16. The molecular formula is C19H22BrCl2N3O3SSi. The lowest BCUT2D eigenvalue weighted by Gasteiger charge is -2.16. The Labute approximate surface area is 195 Å². The Balaban J connectivity index is 2.19. The third-order valence-corrected chi connectivity index (χ3v) is 8.75. The van der Waals surface area contributed by atoms with Crippen LogP contribution >= 0.6 is 39.1 Å². The zero-order chi connectivity index (χ0) is 22.3. The predicted molar refractivity (Wildman–Crippen MR) is 128 cm³/mol. The van der Waals surface area contributed by atoms with Gasteiger partial charge >= 0.3 is 0 Å². The fourth-order valence-corrected chi connectivity index (χ4v) is 6.34. The van der Waals surface area contributed by atoms with Gasteiger partial charge in [-0.3, -0.25) is 0 Å². The van der Waals surface area contributed by atoms with Crippen molar-refractivity contribution in [2.24, 2.45) is 0 Å². The predicted octanol–water partition coefficient (Wildman–Crippen LogP) is 5.88. The van der Waals surface area contributed by atoms with Gasteiger partial charge in [-0.15, -0.1) is 0 Å². The van der Waals surface area contributed by atoms with E-state index in [4.69, 9.17) is 27.9 Å². The second-order valence-corrected chi connectivity index (χ2v) is 17.4. The van der Waals surface area contributed by atoms with E-state index >= 15 is 0 Å². The molecule has 3 aromatic rings. The third kappa shape index (κ3) is 5.25. The molecule has 0 spiro atoms. The number of sulfone groups is 1. The summed E-state index contributed by atoms with van der Waals surface area (Å²) in [4.78, 5) is 8.35. The first kappa shape index (κ1) is 23.7. The molecule has 0 fully saturated rings.